The fourth-order valence-corrected chi connectivity index (χ4v) is 4.03. The van der Waals surface area contributed by atoms with Crippen molar-refractivity contribution in [3.05, 3.63) is 24.1 Å². The van der Waals surface area contributed by atoms with Crippen molar-refractivity contribution < 1.29 is 12.8 Å². The van der Waals surface area contributed by atoms with Crippen molar-refractivity contribution in [3.8, 4) is 0 Å². The summed E-state index contributed by atoms with van der Waals surface area (Å²) in [4.78, 5) is 3.62. The third-order valence-corrected chi connectivity index (χ3v) is 5.02. The van der Waals surface area contributed by atoms with Gasteiger partial charge in [-0.2, -0.15) is 4.31 Å². The summed E-state index contributed by atoms with van der Waals surface area (Å²) in [5.74, 6) is -0.610. The average Bonchev–Trinajstić information content (AvgIpc) is 2.78. The van der Waals surface area contributed by atoms with Gasteiger partial charge in [-0.3, -0.25) is 0 Å². The van der Waals surface area contributed by atoms with Crippen LogP contribution in [-0.4, -0.2) is 36.2 Å². The van der Waals surface area contributed by atoms with Crippen LogP contribution in [0.1, 0.15) is 12.8 Å². The summed E-state index contributed by atoms with van der Waals surface area (Å²) >= 11 is 5.72. The molecule has 2 rings (SSSR count). The minimum absolute atomic E-state index is 0.216. The molecule has 2 heterocycles. The molecule has 1 aromatic rings. The van der Waals surface area contributed by atoms with Crippen molar-refractivity contribution >= 4 is 21.6 Å². The lowest BCUT2D eigenvalue weighted by atomic mass is 10.3. The number of halogens is 2. The largest absolute Gasteiger partial charge is 0.263 e. The van der Waals surface area contributed by atoms with E-state index in [1.165, 1.54) is 16.6 Å². The highest BCUT2D eigenvalue weighted by molar-refractivity contribution is 7.89. The molecule has 4 nitrogen and oxygen atoms in total. The molecule has 17 heavy (non-hydrogen) atoms. The Kier molecular flexibility index (Phi) is 3.65. The van der Waals surface area contributed by atoms with Crippen LogP contribution in [0.2, 0.25) is 0 Å². The second-order valence-electron chi connectivity index (χ2n) is 3.86. The summed E-state index contributed by atoms with van der Waals surface area (Å²) in [7, 11) is -3.87. The van der Waals surface area contributed by atoms with Crippen LogP contribution in [0.15, 0.2) is 23.4 Å². The average molecular weight is 279 g/mol. The first-order valence-corrected chi connectivity index (χ1v) is 7.23. The van der Waals surface area contributed by atoms with Crippen LogP contribution in [-0.2, 0) is 10.0 Å². The van der Waals surface area contributed by atoms with E-state index in [1.54, 1.807) is 0 Å². The first-order chi connectivity index (χ1) is 8.07. The molecule has 0 aliphatic carbocycles. The first kappa shape index (κ1) is 12.7. The van der Waals surface area contributed by atoms with Crippen molar-refractivity contribution in [1.29, 1.82) is 0 Å². The number of rotatable bonds is 3. The highest BCUT2D eigenvalue weighted by Crippen LogP contribution is 2.26. The summed E-state index contributed by atoms with van der Waals surface area (Å²) in [6.07, 6.45) is 2.71. The second-order valence-corrected chi connectivity index (χ2v) is 5.97. The van der Waals surface area contributed by atoms with Crippen LogP contribution in [0.5, 0.6) is 0 Å². The molecule has 1 atom stereocenters. The maximum absolute atomic E-state index is 13.5. The van der Waals surface area contributed by atoms with Gasteiger partial charge in [0.2, 0.25) is 5.03 Å². The van der Waals surface area contributed by atoms with Gasteiger partial charge in [0.05, 0.1) is 0 Å². The summed E-state index contributed by atoms with van der Waals surface area (Å²) in [5.41, 5.74) is 0. The number of hydrogen-bond donors (Lipinski definition) is 0. The molecule has 1 aliphatic heterocycles. The summed E-state index contributed by atoms with van der Waals surface area (Å²) < 4.78 is 39.1. The summed E-state index contributed by atoms with van der Waals surface area (Å²) in [6.45, 7) is 0.371. The van der Waals surface area contributed by atoms with Gasteiger partial charge in [0.15, 0.2) is 5.82 Å². The van der Waals surface area contributed by atoms with Crippen LogP contribution in [0.3, 0.4) is 0 Å². The van der Waals surface area contributed by atoms with Crippen LogP contribution in [0, 0.1) is 5.82 Å². The predicted molar refractivity (Wildman–Crippen MR) is 61.8 cm³/mol. The first-order valence-electron chi connectivity index (χ1n) is 5.25. The van der Waals surface area contributed by atoms with Gasteiger partial charge in [-0.15, -0.1) is 11.6 Å². The van der Waals surface area contributed by atoms with Crippen LogP contribution >= 0.6 is 11.6 Å². The molecule has 0 spiro atoms. The fourth-order valence-electron chi connectivity index (χ4n) is 1.95. The Morgan fingerprint density at radius 3 is 3.00 bits per heavy atom. The standard InChI is InChI=1S/C10H12ClFN2O2S/c11-7-8-3-2-6-14(8)17(15,16)10-9(12)4-1-5-13-10/h1,4-5,8H,2-3,6-7H2. The number of sulfonamides is 1. The minimum atomic E-state index is -3.87. The Morgan fingerprint density at radius 1 is 1.59 bits per heavy atom. The van der Waals surface area contributed by atoms with Crippen molar-refractivity contribution in [2.24, 2.45) is 0 Å². The van der Waals surface area contributed by atoms with Gasteiger partial charge < -0.3 is 0 Å². The van der Waals surface area contributed by atoms with Gasteiger partial charge in [-0.1, -0.05) is 0 Å². The molecule has 1 saturated heterocycles. The highest BCUT2D eigenvalue weighted by Gasteiger charge is 2.36. The molecule has 0 radical (unpaired) electrons. The van der Waals surface area contributed by atoms with Gasteiger partial charge >= 0.3 is 0 Å². The summed E-state index contributed by atoms with van der Waals surface area (Å²) in [6, 6.07) is 2.19. The molecule has 0 amide bonds. The van der Waals surface area contributed by atoms with Crippen molar-refractivity contribution in [3.63, 3.8) is 0 Å². The van der Waals surface area contributed by atoms with Crippen molar-refractivity contribution in [2.45, 2.75) is 23.9 Å². The molecule has 1 aromatic heterocycles. The van der Waals surface area contributed by atoms with Gasteiger partial charge in [0.1, 0.15) is 0 Å². The van der Waals surface area contributed by atoms with E-state index in [-0.39, 0.29) is 11.9 Å². The Labute approximate surface area is 104 Å². The quantitative estimate of drug-likeness (QED) is 0.790. The number of alkyl halides is 1. The minimum Gasteiger partial charge on any atom is -0.241 e. The Morgan fingerprint density at radius 2 is 2.35 bits per heavy atom. The molecule has 0 bridgehead atoms. The van der Waals surface area contributed by atoms with E-state index >= 15 is 0 Å². The molecule has 0 aromatic carbocycles. The molecule has 94 valence electrons. The molecule has 7 heteroatoms. The Hall–Kier alpha value is -0.720. The zero-order valence-corrected chi connectivity index (χ0v) is 10.6. The lowest BCUT2D eigenvalue weighted by Crippen LogP contribution is -2.37. The third-order valence-electron chi connectivity index (χ3n) is 2.78. The Bertz CT molecular complexity index is 509. The highest BCUT2D eigenvalue weighted by atomic mass is 35.5. The van der Waals surface area contributed by atoms with E-state index in [2.05, 4.69) is 4.98 Å². The van der Waals surface area contributed by atoms with Gasteiger partial charge in [-0.25, -0.2) is 17.8 Å². The van der Waals surface area contributed by atoms with E-state index in [9.17, 15) is 12.8 Å². The molecule has 0 saturated carbocycles. The normalized spacial score (nSPS) is 21.9. The molecule has 1 unspecified atom stereocenters. The van der Waals surface area contributed by atoms with E-state index < -0.39 is 20.9 Å². The molecule has 0 N–H and O–H groups in total. The lowest BCUT2D eigenvalue weighted by Gasteiger charge is -2.21. The third kappa shape index (κ3) is 2.29. The lowest BCUT2D eigenvalue weighted by molar-refractivity contribution is 0.404. The van der Waals surface area contributed by atoms with Gasteiger partial charge in [0, 0.05) is 24.7 Å². The summed E-state index contributed by atoms with van der Waals surface area (Å²) in [5, 5.41) is -0.517. The van der Waals surface area contributed by atoms with E-state index in [1.807, 2.05) is 0 Å². The monoisotopic (exact) mass is 278 g/mol. The smallest absolute Gasteiger partial charge is 0.241 e. The van der Waals surface area contributed by atoms with Crippen LogP contribution in [0.4, 0.5) is 4.39 Å². The maximum Gasteiger partial charge on any atom is 0.263 e. The van der Waals surface area contributed by atoms with Gasteiger partial charge in [-0.05, 0) is 25.0 Å². The maximum atomic E-state index is 13.5. The molecule has 1 aliphatic rings. The number of pyridine rings is 1. The van der Waals surface area contributed by atoms with E-state index in [4.69, 9.17) is 11.6 Å². The van der Waals surface area contributed by atoms with Gasteiger partial charge in [0.25, 0.3) is 10.0 Å². The topological polar surface area (TPSA) is 50.3 Å². The molecular weight excluding hydrogens is 267 g/mol. The fraction of sp³-hybridized carbons (Fsp3) is 0.500. The van der Waals surface area contributed by atoms with Crippen molar-refractivity contribution in [2.75, 3.05) is 12.4 Å². The van der Waals surface area contributed by atoms with E-state index in [0.29, 0.717) is 13.0 Å². The van der Waals surface area contributed by atoms with Crippen LogP contribution in [0.25, 0.3) is 0 Å². The SMILES string of the molecule is O=S(=O)(c1ncccc1F)N1CCCC1CCl. The zero-order valence-electron chi connectivity index (χ0n) is 9.01. The van der Waals surface area contributed by atoms with Crippen LogP contribution < -0.4 is 0 Å². The molecular formula is C10H12ClFN2O2S. The predicted octanol–water partition coefficient (Wildman–Crippen LogP) is 1.61. The Balaban J connectivity index is 2.40. The zero-order chi connectivity index (χ0) is 12.5. The number of aromatic nitrogens is 1. The molecule has 1 fully saturated rings. The van der Waals surface area contributed by atoms with Crippen molar-refractivity contribution in [1.82, 2.24) is 9.29 Å². The van der Waals surface area contributed by atoms with E-state index in [0.717, 1.165) is 12.5 Å². The number of hydrogen-bond acceptors (Lipinski definition) is 3. The second kappa shape index (κ2) is 4.88. The number of nitrogens with zero attached hydrogens (tertiary/aromatic N) is 2.